The highest BCUT2D eigenvalue weighted by Gasteiger charge is 2.31. The number of hydrogen-bond acceptors (Lipinski definition) is 4. The predicted octanol–water partition coefficient (Wildman–Crippen LogP) is 2.73. The number of rotatable bonds is 4. The summed E-state index contributed by atoms with van der Waals surface area (Å²) in [5.41, 5.74) is 2.26. The molecule has 0 radical (unpaired) electrons. The van der Waals surface area contributed by atoms with Gasteiger partial charge in [0.25, 0.3) is 0 Å². The second-order valence-electron chi connectivity index (χ2n) is 6.83. The van der Waals surface area contributed by atoms with Crippen molar-refractivity contribution in [2.24, 2.45) is 0 Å². The number of fused-ring (bicyclic) bond motifs is 1. The first kappa shape index (κ1) is 18.5. The highest BCUT2D eigenvalue weighted by molar-refractivity contribution is 6.31. The van der Waals surface area contributed by atoms with Gasteiger partial charge in [-0.15, -0.1) is 0 Å². The molecule has 0 spiro atoms. The Morgan fingerprint density at radius 3 is 2.75 bits per heavy atom. The van der Waals surface area contributed by atoms with Crippen molar-refractivity contribution in [1.29, 1.82) is 0 Å². The normalized spacial score (nSPS) is 15.1. The van der Waals surface area contributed by atoms with Crippen molar-refractivity contribution in [3.05, 3.63) is 81.0 Å². The van der Waals surface area contributed by atoms with Crippen LogP contribution in [0, 0.1) is 6.92 Å². The van der Waals surface area contributed by atoms with Crippen LogP contribution in [0.15, 0.2) is 53.3 Å². The van der Waals surface area contributed by atoms with Crippen LogP contribution in [0.25, 0.3) is 0 Å². The van der Waals surface area contributed by atoms with E-state index in [1.807, 2.05) is 54.3 Å². The van der Waals surface area contributed by atoms with Gasteiger partial charge in [0.2, 0.25) is 5.91 Å². The number of hydrogen-bond donors (Lipinski definition) is 2. The number of H-pyrrole nitrogens is 1. The quantitative estimate of drug-likeness (QED) is 0.709. The SMILES string of the molecule is Cc1ccc(NC(=O)[C@H](c2ccccc2)N2CCn3c(n[nH]c3=O)C2)cc1Cl. The maximum Gasteiger partial charge on any atom is 0.343 e. The number of amides is 1. The van der Waals surface area contributed by atoms with Crippen molar-refractivity contribution in [3.63, 3.8) is 0 Å². The molecule has 0 saturated carbocycles. The summed E-state index contributed by atoms with van der Waals surface area (Å²) in [6.45, 7) is 3.37. The van der Waals surface area contributed by atoms with Crippen LogP contribution in [-0.2, 0) is 17.9 Å². The van der Waals surface area contributed by atoms with Gasteiger partial charge in [-0.25, -0.2) is 9.89 Å². The Bertz CT molecular complexity index is 1060. The standard InChI is InChI=1S/C20H20ClN5O2/c1-13-7-8-15(11-16(13)21)22-19(27)18(14-5-3-2-4-6-14)25-9-10-26-17(12-25)23-24-20(26)28/h2-8,11,18H,9-10,12H2,1H3,(H,22,27)(H,24,28)/t18-/m0/s1. The molecule has 2 aromatic carbocycles. The molecular weight excluding hydrogens is 378 g/mol. The molecule has 1 aliphatic heterocycles. The van der Waals surface area contributed by atoms with Crippen molar-refractivity contribution < 1.29 is 4.79 Å². The molecule has 28 heavy (non-hydrogen) atoms. The van der Waals surface area contributed by atoms with Gasteiger partial charge in [-0.05, 0) is 30.2 Å². The van der Waals surface area contributed by atoms with Crippen LogP contribution in [0.3, 0.4) is 0 Å². The van der Waals surface area contributed by atoms with Gasteiger partial charge in [0.15, 0.2) is 0 Å². The minimum atomic E-state index is -0.512. The zero-order valence-corrected chi connectivity index (χ0v) is 16.1. The van der Waals surface area contributed by atoms with Gasteiger partial charge in [-0.1, -0.05) is 48.0 Å². The number of aromatic amines is 1. The lowest BCUT2D eigenvalue weighted by Gasteiger charge is -2.33. The fourth-order valence-corrected chi connectivity index (χ4v) is 3.64. The minimum Gasteiger partial charge on any atom is -0.324 e. The Morgan fingerprint density at radius 1 is 1.21 bits per heavy atom. The average Bonchev–Trinajstić information content (AvgIpc) is 3.06. The molecule has 0 unspecified atom stereocenters. The molecule has 1 aliphatic rings. The van der Waals surface area contributed by atoms with Gasteiger partial charge < -0.3 is 5.32 Å². The van der Waals surface area contributed by atoms with E-state index in [9.17, 15) is 9.59 Å². The van der Waals surface area contributed by atoms with Crippen LogP contribution in [0.5, 0.6) is 0 Å². The molecule has 144 valence electrons. The molecule has 1 amide bonds. The Morgan fingerprint density at radius 2 is 2.00 bits per heavy atom. The molecule has 0 bridgehead atoms. The van der Waals surface area contributed by atoms with E-state index in [1.165, 1.54) is 0 Å². The first-order chi connectivity index (χ1) is 13.5. The maximum absolute atomic E-state index is 13.2. The molecule has 7 nitrogen and oxygen atoms in total. The van der Waals surface area contributed by atoms with E-state index in [0.717, 1.165) is 11.1 Å². The van der Waals surface area contributed by atoms with Crippen LogP contribution in [0.2, 0.25) is 5.02 Å². The Hall–Kier alpha value is -2.90. The molecule has 3 aromatic rings. The smallest absolute Gasteiger partial charge is 0.324 e. The first-order valence-corrected chi connectivity index (χ1v) is 9.41. The number of nitrogens with one attached hydrogen (secondary N) is 2. The van der Waals surface area contributed by atoms with Crippen molar-refractivity contribution in [3.8, 4) is 0 Å². The van der Waals surface area contributed by atoms with E-state index in [-0.39, 0.29) is 11.6 Å². The minimum absolute atomic E-state index is 0.155. The molecule has 1 aromatic heterocycles. The van der Waals surface area contributed by atoms with Crippen molar-refractivity contribution in [2.45, 2.75) is 26.1 Å². The van der Waals surface area contributed by atoms with Crippen molar-refractivity contribution >= 4 is 23.2 Å². The third-order valence-corrected chi connectivity index (χ3v) is 5.37. The van der Waals surface area contributed by atoms with Gasteiger partial charge in [0, 0.05) is 23.8 Å². The van der Waals surface area contributed by atoms with Crippen LogP contribution in [-0.4, -0.2) is 32.1 Å². The van der Waals surface area contributed by atoms with Gasteiger partial charge in [0.1, 0.15) is 11.9 Å². The number of aryl methyl sites for hydroxylation is 1. The second-order valence-corrected chi connectivity index (χ2v) is 7.24. The average molecular weight is 398 g/mol. The summed E-state index contributed by atoms with van der Waals surface area (Å²) in [5, 5.41) is 10.1. The Labute approximate surface area is 166 Å². The van der Waals surface area contributed by atoms with E-state index in [1.54, 1.807) is 10.6 Å². The molecule has 2 N–H and O–H groups in total. The monoisotopic (exact) mass is 397 g/mol. The topological polar surface area (TPSA) is 83.0 Å². The number of carbonyl (C=O) groups excluding carboxylic acids is 1. The van der Waals surface area contributed by atoms with E-state index in [0.29, 0.717) is 36.2 Å². The first-order valence-electron chi connectivity index (χ1n) is 9.03. The van der Waals surface area contributed by atoms with Crippen molar-refractivity contribution in [1.82, 2.24) is 19.7 Å². The predicted molar refractivity (Wildman–Crippen MR) is 107 cm³/mol. The molecule has 8 heteroatoms. The molecular formula is C20H20ClN5O2. The number of nitrogens with zero attached hydrogens (tertiary/aromatic N) is 3. The zero-order chi connectivity index (χ0) is 19.7. The number of aromatic nitrogens is 3. The summed E-state index contributed by atoms with van der Waals surface area (Å²) < 4.78 is 1.61. The lowest BCUT2D eigenvalue weighted by molar-refractivity contribution is -0.122. The highest BCUT2D eigenvalue weighted by atomic mass is 35.5. The van der Waals surface area contributed by atoms with E-state index in [4.69, 9.17) is 11.6 Å². The van der Waals surface area contributed by atoms with Gasteiger partial charge in [-0.2, -0.15) is 5.10 Å². The molecule has 0 fully saturated rings. The summed E-state index contributed by atoms with van der Waals surface area (Å²) in [6.07, 6.45) is 0. The van der Waals surface area contributed by atoms with Gasteiger partial charge in [-0.3, -0.25) is 14.3 Å². The number of anilines is 1. The lowest BCUT2D eigenvalue weighted by atomic mass is 10.0. The molecule has 0 saturated heterocycles. The number of carbonyl (C=O) groups is 1. The molecule has 0 aliphatic carbocycles. The van der Waals surface area contributed by atoms with Crippen LogP contribution in [0.4, 0.5) is 5.69 Å². The van der Waals surface area contributed by atoms with Crippen molar-refractivity contribution in [2.75, 3.05) is 11.9 Å². The highest BCUT2D eigenvalue weighted by Crippen LogP contribution is 2.27. The molecule has 4 rings (SSSR count). The van der Waals surface area contributed by atoms with Crippen LogP contribution >= 0.6 is 11.6 Å². The van der Waals surface area contributed by atoms with E-state index in [2.05, 4.69) is 15.5 Å². The van der Waals surface area contributed by atoms with Gasteiger partial charge in [0.05, 0.1) is 6.54 Å². The summed E-state index contributed by atoms with van der Waals surface area (Å²) in [6, 6.07) is 14.5. The fourth-order valence-electron chi connectivity index (χ4n) is 3.46. The Balaban J connectivity index is 1.63. The van der Waals surface area contributed by atoms with Crippen LogP contribution in [0.1, 0.15) is 23.0 Å². The van der Waals surface area contributed by atoms with Gasteiger partial charge >= 0.3 is 5.69 Å². The lowest BCUT2D eigenvalue weighted by Crippen LogP contribution is -2.43. The summed E-state index contributed by atoms with van der Waals surface area (Å²) in [4.78, 5) is 27.0. The largest absolute Gasteiger partial charge is 0.343 e. The second kappa shape index (κ2) is 7.61. The third kappa shape index (κ3) is 3.58. The van der Waals surface area contributed by atoms with E-state index < -0.39 is 6.04 Å². The summed E-state index contributed by atoms with van der Waals surface area (Å²) in [5.74, 6) is 0.473. The third-order valence-electron chi connectivity index (χ3n) is 4.96. The van der Waals surface area contributed by atoms with E-state index >= 15 is 0 Å². The summed E-state index contributed by atoms with van der Waals surface area (Å²) >= 11 is 6.20. The zero-order valence-electron chi connectivity index (χ0n) is 15.4. The van der Waals surface area contributed by atoms with Crippen LogP contribution < -0.4 is 11.0 Å². The summed E-state index contributed by atoms with van der Waals surface area (Å²) in [7, 11) is 0. The number of benzene rings is 2. The molecule has 1 atom stereocenters. The molecule has 2 heterocycles. The maximum atomic E-state index is 13.2. The number of halogens is 1. The Kier molecular flexibility index (Phi) is 5.02. The fraction of sp³-hybridized carbons (Fsp3) is 0.250.